The standard InChI is InChI=1S/C27H35N3O2/c1-17-13-20(25(31)28-5)14-18(2)23(17)15-22(30(6)7)16-29-26(32)24-19(3)27(24,4)21-11-9-8-10-12-21/h8-14,22H,15-16H2,1-7H3,(H,28,31)(H,29,32)/t22-,27+/m0/s1. The third kappa shape index (κ3) is 4.49. The minimum atomic E-state index is -0.262. The molecule has 5 heteroatoms. The maximum absolute atomic E-state index is 13.0. The molecule has 0 heterocycles. The maximum Gasteiger partial charge on any atom is 0.251 e. The van der Waals surface area contributed by atoms with Gasteiger partial charge in [-0.25, -0.2) is 0 Å². The summed E-state index contributed by atoms with van der Waals surface area (Å²) in [4.78, 5) is 27.2. The van der Waals surface area contributed by atoms with Crippen LogP contribution in [0.25, 0.3) is 0 Å². The highest BCUT2D eigenvalue weighted by Crippen LogP contribution is 2.53. The summed E-state index contributed by atoms with van der Waals surface area (Å²) in [6.45, 7) is 8.82. The van der Waals surface area contributed by atoms with Gasteiger partial charge in [0.1, 0.15) is 0 Å². The molecule has 2 atom stereocenters. The van der Waals surface area contributed by atoms with Crippen LogP contribution in [0, 0.1) is 13.8 Å². The van der Waals surface area contributed by atoms with Gasteiger partial charge in [0.05, 0.1) is 0 Å². The minimum Gasteiger partial charge on any atom is -0.355 e. The van der Waals surface area contributed by atoms with Crippen molar-refractivity contribution in [2.24, 2.45) is 0 Å². The highest BCUT2D eigenvalue weighted by atomic mass is 16.2. The summed E-state index contributed by atoms with van der Waals surface area (Å²) in [5, 5.41) is 5.86. The summed E-state index contributed by atoms with van der Waals surface area (Å²) in [6, 6.07) is 14.2. The molecule has 3 rings (SSSR count). The highest BCUT2D eigenvalue weighted by Gasteiger charge is 2.51. The van der Waals surface area contributed by atoms with E-state index in [9.17, 15) is 9.59 Å². The molecule has 0 saturated carbocycles. The van der Waals surface area contributed by atoms with E-state index in [2.05, 4.69) is 34.6 Å². The SMILES string of the molecule is CNC(=O)c1cc(C)c(C[C@@H](CNC(=O)C2=C(C)[C@]2(C)c2ccccc2)N(C)C)c(C)c1. The van der Waals surface area contributed by atoms with Crippen molar-refractivity contribution in [2.45, 2.75) is 45.6 Å². The molecule has 0 unspecified atom stereocenters. The molecule has 32 heavy (non-hydrogen) atoms. The number of nitrogens with zero attached hydrogens (tertiary/aromatic N) is 1. The fraction of sp³-hybridized carbons (Fsp3) is 0.407. The van der Waals surface area contributed by atoms with E-state index in [0.29, 0.717) is 12.1 Å². The number of rotatable bonds is 8. The summed E-state index contributed by atoms with van der Waals surface area (Å²) in [5.74, 6) is -0.0576. The first-order valence-corrected chi connectivity index (χ1v) is 11.1. The third-order valence-electron chi connectivity index (χ3n) is 6.99. The molecule has 5 nitrogen and oxygen atoms in total. The molecule has 0 fully saturated rings. The van der Waals surface area contributed by atoms with Gasteiger partial charge in [-0.05, 0) is 88.2 Å². The van der Waals surface area contributed by atoms with E-state index in [0.717, 1.165) is 34.3 Å². The summed E-state index contributed by atoms with van der Waals surface area (Å²) >= 11 is 0. The molecule has 2 amide bonds. The van der Waals surface area contributed by atoms with E-state index >= 15 is 0 Å². The van der Waals surface area contributed by atoms with E-state index in [1.165, 1.54) is 5.56 Å². The predicted octanol–water partition coefficient (Wildman–Crippen LogP) is 3.54. The van der Waals surface area contributed by atoms with Gasteiger partial charge in [-0.15, -0.1) is 0 Å². The second-order valence-corrected chi connectivity index (χ2v) is 9.19. The number of benzene rings is 2. The molecular weight excluding hydrogens is 398 g/mol. The lowest BCUT2D eigenvalue weighted by Crippen LogP contribution is -2.42. The Balaban J connectivity index is 1.70. The average Bonchev–Trinajstić information content (AvgIpc) is 3.33. The molecule has 1 aliphatic rings. The van der Waals surface area contributed by atoms with Crippen molar-refractivity contribution in [3.05, 3.63) is 81.4 Å². The lowest BCUT2D eigenvalue weighted by atomic mass is 9.90. The van der Waals surface area contributed by atoms with Crippen molar-refractivity contribution in [2.75, 3.05) is 27.7 Å². The van der Waals surface area contributed by atoms with Gasteiger partial charge in [-0.3, -0.25) is 9.59 Å². The van der Waals surface area contributed by atoms with Crippen LogP contribution in [0.3, 0.4) is 0 Å². The first-order valence-electron chi connectivity index (χ1n) is 11.1. The smallest absolute Gasteiger partial charge is 0.251 e. The number of hydrogen-bond acceptors (Lipinski definition) is 3. The number of carbonyl (C=O) groups excluding carboxylic acids is 2. The lowest BCUT2D eigenvalue weighted by Gasteiger charge is -2.26. The van der Waals surface area contributed by atoms with Crippen molar-refractivity contribution in [1.29, 1.82) is 0 Å². The van der Waals surface area contributed by atoms with Gasteiger partial charge in [0, 0.05) is 36.2 Å². The summed E-state index contributed by atoms with van der Waals surface area (Å²) in [6.07, 6.45) is 0.799. The molecule has 1 aliphatic carbocycles. The number of aryl methyl sites for hydroxylation is 2. The van der Waals surface area contributed by atoms with E-state index in [4.69, 9.17) is 0 Å². The van der Waals surface area contributed by atoms with Crippen LogP contribution in [0.2, 0.25) is 0 Å². The third-order valence-corrected chi connectivity index (χ3v) is 6.99. The van der Waals surface area contributed by atoms with Crippen LogP contribution in [0.1, 0.15) is 46.5 Å². The molecule has 2 N–H and O–H groups in total. The van der Waals surface area contributed by atoms with E-state index in [-0.39, 0.29) is 23.3 Å². The number of amides is 2. The van der Waals surface area contributed by atoms with Crippen LogP contribution in [0.5, 0.6) is 0 Å². The molecule has 2 aromatic rings. The number of allylic oxidation sites excluding steroid dienone is 1. The maximum atomic E-state index is 13.0. The topological polar surface area (TPSA) is 61.4 Å². The van der Waals surface area contributed by atoms with Gasteiger partial charge in [0.15, 0.2) is 0 Å². The van der Waals surface area contributed by atoms with Crippen molar-refractivity contribution >= 4 is 11.8 Å². The van der Waals surface area contributed by atoms with Crippen LogP contribution >= 0.6 is 0 Å². The molecule has 0 radical (unpaired) electrons. The second kappa shape index (κ2) is 9.29. The van der Waals surface area contributed by atoms with Crippen LogP contribution in [0.15, 0.2) is 53.6 Å². The molecule has 0 bridgehead atoms. The van der Waals surface area contributed by atoms with E-state index < -0.39 is 0 Å². The van der Waals surface area contributed by atoms with Gasteiger partial charge < -0.3 is 15.5 Å². The zero-order valence-electron chi connectivity index (χ0n) is 20.3. The Bertz CT molecular complexity index is 1030. The molecule has 0 spiro atoms. The average molecular weight is 434 g/mol. The quantitative estimate of drug-likeness (QED) is 0.669. The zero-order chi connectivity index (χ0) is 23.6. The Morgan fingerprint density at radius 3 is 2.12 bits per heavy atom. The summed E-state index contributed by atoms with van der Waals surface area (Å²) in [5.41, 5.74) is 7.01. The first kappa shape index (κ1) is 23.7. The first-order chi connectivity index (χ1) is 15.1. The Morgan fingerprint density at radius 2 is 1.59 bits per heavy atom. The Kier molecular flexibility index (Phi) is 6.89. The van der Waals surface area contributed by atoms with E-state index in [1.807, 2.05) is 65.2 Å². The number of hydrogen-bond donors (Lipinski definition) is 2. The van der Waals surface area contributed by atoms with Gasteiger partial charge in [-0.1, -0.05) is 30.3 Å². The van der Waals surface area contributed by atoms with Gasteiger partial charge in [-0.2, -0.15) is 0 Å². The van der Waals surface area contributed by atoms with Gasteiger partial charge in [0.2, 0.25) is 5.91 Å². The largest absolute Gasteiger partial charge is 0.355 e. The molecule has 0 aliphatic heterocycles. The van der Waals surface area contributed by atoms with Crippen molar-refractivity contribution in [1.82, 2.24) is 15.5 Å². The normalized spacial score (nSPS) is 18.5. The summed E-state index contributed by atoms with van der Waals surface area (Å²) in [7, 11) is 5.72. The van der Waals surface area contributed by atoms with Crippen molar-refractivity contribution in [3.63, 3.8) is 0 Å². The van der Waals surface area contributed by atoms with Crippen LogP contribution < -0.4 is 10.6 Å². The van der Waals surface area contributed by atoms with Crippen molar-refractivity contribution in [3.8, 4) is 0 Å². The minimum absolute atomic E-state index is 0.0177. The molecule has 2 aromatic carbocycles. The molecule has 0 aromatic heterocycles. The number of nitrogens with one attached hydrogen (secondary N) is 2. The fourth-order valence-electron chi connectivity index (χ4n) is 4.62. The fourth-order valence-corrected chi connectivity index (χ4v) is 4.62. The summed E-state index contributed by atoms with van der Waals surface area (Å²) < 4.78 is 0. The van der Waals surface area contributed by atoms with Gasteiger partial charge >= 0.3 is 0 Å². The predicted molar refractivity (Wildman–Crippen MR) is 130 cm³/mol. The Labute approximate surface area is 191 Å². The molecular formula is C27H35N3O2. The zero-order valence-corrected chi connectivity index (χ0v) is 20.3. The molecule has 170 valence electrons. The van der Waals surface area contributed by atoms with Crippen LogP contribution in [0.4, 0.5) is 0 Å². The number of likely N-dealkylation sites (N-methyl/N-ethyl adjacent to an activating group) is 1. The Hall–Kier alpha value is -2.92. The highest BCUT2D eigenvalue weighted by molar-refractivity contribution is 6.04. The second-order valence-electron chi connectivity index (χ2n) is 9.19. The van der Waals surface area contributed by atoms with Crippen molar-refractivity contribution < 1.29 is 9.59 Å². The number of carbonyl (C=O) groups is 2. The van der Waals surface area contributed by atoms with Gasteiger partial charge in [0.25, 0.3) is 5.91 Å². The lowest BCUT2D eigenvalue weighted by molar-refractivity contribution is -0.117. The molecule has 0 saturated heterocycles. The van der Waals surface area contributed by atoms with E-state index in [1.54, 1.807) is 7.05 Å². The van der Waals surface area contributed by atoms with Crippen LogP contribution in [-0.4, -0.2) is 50.4 Å². The monoisotopic (exact) mass is 433 g/mol. The Morgan fingerprint density at radius 1 is 1.00 bits per heavy atom. The van der Waals surface area contributed by atoms with Crippen LogP contribution in [-0.2, 0) is 16.6 Å².